The quantitative estimate of drug-likeness (QED) is 0.558. The number of fused-ring (bicyclic) bond motifs is 6. The third-order valence-electron chi connectivity index (χ3n) is 9.92. The molecule has 30 heavy (non-hydrogen) atoms. The summed E-state index contributed by atoms with van der Waals surface area (Å²) in [5, 5.41) is 44.6. The van der Waals surface area contributed by atoms with E-state index >= 15 is 0 Å². The number of nitrogens with one attached hydrogen (secondary N) is 1. The number of aromatic nitrogens is 3. The second kappa shape index (κ2) is 6.15. The second-order valence-corrected chi connectivity index (χ2v) is 11.7. The van der Waals surface area contributed by atoms with Gasteiger partial charge in [0, 0.05) is 22.7 Å². The lowest BCUT2D eigenvalue weighted by Gasteiger charge is -2.63. The molecule has 2 aromatic heterocycles. The van der Waals surface area contributed by atoms with E-state index in [1.807, 2.05) is 11.6 Å². The Morgan fingerprint density at radius 1 is 1.10 bits per heavy atom. The van der Waals surface area contributed by atoms with Gasteiger partial charge in [0.25, 0.3) is 0 Å². The first-order valence-electron chi connectivity index (χ1n) is 11.3. The van der Waals surface area contributed by atoms with Gasteiger partial charge in [-0.05, 0) is 73.2 Å². The van der Waals surface area contributed by atoms with Crippen LogP contribution in [0.1, 0.15) is 55.8 Å². The number of nitrogens with zero attached hydrogens (tertiary/aromatic N) is 2. The van der Waals surface area contributed by atoms with E-state index in [-0.39, 0.29) is 28.6 Å². The van der Waals surface area contributed by atoms with Crippen molar-refractivity contribution in [1.82, 2.24) is 15.2 Å². The first-order chi connectivity index (χ1) is 14.3. The molecule has 6 nitrogen and oxygen atoms in total. The molecule has 4 aliphatic rings. The van der Waals surface area contributed by atoms with Gasteiger partial charge in [0.05, 0.1) is 18.4 Å². The first-order valence-corrected chi connectivity index (χ1v) is 12.2. The molecular formula is C23H31N3O3S. The lowest BCUT2D eigenvalue weighted by Crippen LogP contribution is -2.65. The van der Waals surface area contributed by atoms with Crippen molar-refractivity contribution in [2.24, 2.45) is 34.5 Å². The van der Waals surface area contributed by atoms with Crippen molar-refractivity contribution in [2.45, 2.75) is 70.2 Å². The largest absolute Gasteiger partial charge is 0.390 e. The van der Waals surface area contributed by atoms with Crippen LogP contribution in [0.2, 0.25) is 0 Å². The molecule has 6 rings (SSSR count). The number of hydrogen-bond acceptors (Lipinski definition) is 6. The van der Waals surface area contributed by atoms with Crippen LogP contribution in [-0.2, 0) is 18.4 Å². The molecule has 0 unspecified atom stereocenters. The Hall–Kier alpha value is -1.28. The molecule has 162 valence electrons. The maximum absolute atomic E-state index is 11.8. The molecule has 3 fully saturated rings. The van der Waals surface area contributed by atoms with Crippen molar-refractivity contribution in [3.8, 4) is 0 Å². The van der Waals surface area contributed by atoms with Crippen LogP contribution in [-0.4, -0.2) is 42.7 Å². The highest BCUT2D eigenvalue weighted by molar-refractivity contribution is 7.09. The van der Waals surface area contributed by atoms with Crippen LogP contribution in [0.25, 0.3) is 0 Å². The van der Waals surface area contributed by atoms with Gasteiger partial charge in [0.2, 0.25) is 0 Å². The van der Waals surface area contributed by atoms with E-state index in [1.165, 1.54) is 16.9 Å². The number of rotatable bonds is 1. The number of thiazole rings is 1. The number of aliphatic hydroxyl groups is 3. The standard InChI is InChI=1S/C23H31N3O3S/c1-21-10-12-11-25-26-16(12)9-15(21)18(27)19(28)17-13(21)3-5-22(2)14(17)4-6-23(22,29)20-24-7-8-30-20/h7-8,11,13-15,17-19,27-29H,3-6,9-10H2,1-2H3,(H,25,26)/t13-,14-,15+,17+,18+,19+,21+,22-,23+/m0/s1. The molecule has 9 atom stereocenters. The summed E-state index contributed by atoms with van der Waals surface area (Å²) in [7, 11) is 0. The lowest BCUT2D eigenvalue weighted by molar-refractivity contribution is -0.220. The van der Waals surface area contributed by atoms with E-state index < -0.39 is 17.8 Å². The Kier molecular flexibility index (Phi) is 3.98. The third-order valence-corrected chi connectivity index (χ3v) is 10.8. The fourth-order valence-corrected chi connectivity index (χ4v) is 9.18. The van der Waals surface area contributed by atoms with Gasteiger partial charge in [-0.2, -0.15) is 5.10 Å². The van der Waals surface area contributed by atoms with Gasteiger partial charge in [-0.15, -0.1) is 11.3 Å². The van der Waals surface area contributed by atoms with E-state index in [9.17, 15) is 15.3 Å². The van der Waals surface area contributed by atoms with E-state index in [2.05, 4.69) is 29.0 Å². The second-order valence-electron chi connectivity index (χ2n) is 10.8. The summed E-state index contributed by atoms with van der Waals surface area (Å²) in [6.45, 7) is 4.52. The van der Waals surface area contributed by atoms with Crippen LogP contribution in [0, 0.1) is 34.5 Å². The molecule has 3 saturated carbocycles. The number of aliphatic hydroxyl groups excluding tert-OH is 2. The summed E-state index contributed by atoms with van der Waals surface area (Å²) >= 11 is 1.53. The Balaban J connectivity index is 1.42. The monoisotopic (exact) mass is 429 g/mol. The zero-order valence-corrected chi connectivity index (χ0v) is 18.4. The van der Waals surface area contributed by atoms with Crippen molar-refractivity contribution in [3.63, 3.8) is 0 Å². The smallest absolute Gasteiger partial charge is 0.125 e. The molecule has 0 radical (unpaired) electrons. The molecule has 2 aromatic rings. The van der Waals surface area contributed by atoms with Crippen LogP contribution in [0.4, 0.5) is 0 Å². The summed E-state index contributed by atoms with van der Waals surface area (Å²) < 4.78 is 0. The maximum Gasteiger partial charge on any atom is 0.125 e. The van der Waals surface area contributed by atoms with E-state index in [4.69, 9.17) is 0 Å². The summed E-state index contributed by atoms with van der Waals surface area (Å²) in [6, 6.07) is 0. The zero-order valence-electron chi connectivity index (χ0n) is 17.6. The number of aromatic amines is 1. The topological polar surface area (TPSA) is 102 Å². The molecule has 4 aliphatic carbocycles. The molecule has 2 heterocycles. The van der Waals surface area contributed by atoms with Gasteiger partial charge in [-0.3, -0.25) is 5.10 Å². The van der Waals surface area contributed by atoms with Gasteiger partial charge >= 0.3 is 0 Å². The summed E-state index contributed by atoms with van der Waals surface area (Å²) in [6.07, 6.45) is 7.31. The Labute approximate surface area is 180 Å². The highest BCUT2D eigenvalue weighted by atomic mass is 32.1. The van der Waals surface area contributed by atoms with Gasteiger partial charge in [0.15, 0.2) is 0 Å². The summed E-state index contributed by atoms with van der Waals surface area (Å²) in [4.78, 5) is 4.49. The van der Waals surface area contributed by atoms with Crippen LogP contribution in [0.5, 0.6) is 0 Å². The minimum Gasteiger partial charge on any atom is -0.390 e. The third kappa shape index (κ3) is 2.20. The fourth-order valence-electron chi connectivity index (χ4n) is 8.28. The van der Waals surface area contributed by atoms with Gasteiger partial charge in [-0.25, -0.2) is 4.98 Å². The molecular weight excluding hydrogens is 398 g/mol. The van der Waals surface area contributed by atoms with Crippen LogP contribution in [0.3, 0.4) is 0 Å². The fraction of sp³-hybridized carbons (Fsp3) is 0.739. The molecule has 0 amide bonds. The number of hydrogen-bond donors (Lipinski definition) is 4. The van der Waals surface area contributed by atoms with Crippen LogP contribution >= 0.6 is 11.3 Å². The van der Waals surface area contributed by atoms with Gasteiger partial charge < -0.3 is 15.3 Å². The predicted octanol–water partition coefficient (Wildman–Crippen LogP) is 2.65. The van der Waals surface area contributed by atoms with Crippen molar-refractivity contribution in [3.05, 3.63) is 34.0 Å². The Morgan fingerprint density at radius 3 is 2.67 bits per heavy atom. The average molecular weight is 430 g/mol. The van der Waals surface area contributed by atoms with E-state index in [1.54, 1.807) is 6.20 Å². The normalized spacial score (nSPS) is 49.8. The Morgan fingerprint density at radius 2 is 1.90 bits per heavy atom. The highest BCUT2D eigenvalue weighted by Crippen LogP contribution is 2.69. The van der Waals surface area contributed by atoms with Crippen molar-refractivity contribution >= 4 is 11.3 Å². The van der Waals surface area contributed by atoms with E-state index in [0.29, 0.717) is 12.3 Å². The maximum atomic E-state index is 11.8. The van der Waals surface area contributed by atoms with Gasteiger partial charge in [-0.1, -0.05) is 13.8 Å². The minimum atomic E-state index is -0.941. The van der Waals surface area contributed by atoms with Crippen molar-refractivity contribution in [2.75, 3.05) is 0 Å². The first kappa shape index (κ1) is 19.4. The lowest BCUT2D eigenvalue weighted by atomic mass is 9.43. The molecule has 4 N–H and O–H groups in total. The Bertz CT molecular complexity index is 961. The molecule has 7 heteroatoms. The predicted molar refractivity (Wildman–Crippen MR) is 113 cm³/mol. The molecule has 0 aromatic carbocycles. The van der Waals surface area contributed by atoms with Crippen molar-refractivity contribution in [1.29, 1.82) is 0 Å². The molecule has 0 aliphatic heterocycles. The number of H-pyrrole nitrogens is 1. The molecule has 0 bridgehead atoms. The summed E-state index contributed by atoms with van der Waals surface area (Å²) in [5.74, 6) is 0.548. The van der Waals surface area contributed by atoms with Gasteiger partial charge in [0.1, 0.15) is 10.6 Å². The highest BCUT2D eigenvalue weighted by Gasteiger charge is 2.69. The van der Waals surface area contributed by atoms with Crippen molar-refractivity contribution < 1.29 is 15.3 Å². The van der Waals surface area contributed by atoms with Crippen LogP contribution in [0.15, 0.2) is 17.8 Å². The SMILES string of the molecule is C[C@]12Cc3cn[nH]c3C[C@@H]1[C@@H](O)[C@H](O)[C@@H]1[C@@H]2CC[C@@]2(C)[C@H]1CC[C@@]2(O)c1nccs1. The van der Waals surface area contributed by atoms with Crippen LogP contribution < -0.4 is 0 Å². The summed E-state index contributed by atoms with van der Waals surface area (Å²) in [5.41, 5.74) is 1.04. The average Bonchev–Trinajstić information content (AvgIpc) is 3.45. The minimum absolute atomic E-state index is 0.00226. The zero-order chi connectivity index (χ0) is 20.9. The molecule has 0 saturated heterocycles. The van der Waals surface area contributed by atoms with E-state index in [0.717, 1.165) is 42.8 Å². The molecule has 0 spiro atoms.